The molecule has 0 aliphatic heterocycles. The highest BCUT2D eigenvalue weighted by Gasteiger charge is 2.33. The first kappa shape index (κ1) is 13.6. The molecule has 2 aromatic rings. The van der Waals surface area contributed by atoms with Crippen molar-refractivity contribution in [2.45, 2.75) is 52.1 Å². The van der Waals surface area contributed by atoms with Crippen molar-refractivity contribution in [2.75, 3.05) is 6.54 Å². The summed E-state index contributed by atoms with van der Waals surface area (Å²) in [4.78, 5) is 4.44. The van der Waals surface area contributed by atoms with Crippen LogP contribution in [0.4, 0.5) is 0 Å². The number of aryl methyl sites for hydroxylation is 1. The molecular formula is C17H25N3. The maximum atomic E-state index is 4.44. The minimum Gasteiger partial charge on any atom is -0.331 e. The number of aromatic nitrogens is 2. The smallest absolute Gasteiger partial charge is 0.0958 e. The van der Waals surface area contributed by atoms with Gasteiger partial charge in [-0.3, -0.25) is 0 Å². The molecule has 3 heteroatoms. The molecule has 1 fully saturated rings. The number of hydrogen-bond donors (Lipinski definition) is 1. The van der Waals surface area contributed by atoms with Gasteiger partial charge in [0.1, 0.15) is 0 Å². The first-order chi connectivity index (χ1) is 9.67. The van der Waals surface area contributed by atoms with Gasteiger partial charge in [-0.15, -0.1) is 0 Å². The summed E-state index contributed by atoms with van der Waals surface area (Å²) in [6.45, 7) is 6.92. The summed E-state index contributed by atoms with van der Waals surface area (Å²) in [6, 6.07) is 9.05. The van der Waals surface area contributed by atoms with Crippen LogP contribution >= 0.6 is 0 Å². The lowest BCUT2D eigenvalue weighted by Crippen LogP contribution is -2.38. The van der Waals surface area contributed by atoms with Crippen molar-refractivity contribution in [1.29, 1.82) is 0 Å². The Bertz CT molecular complexity index is 570. The van der Waals surface area contributed by atoms with Gasteiger partial charge in [0.15, 0.2) is 0 Å². The monoisotopic (exact) mass is 271 g/mol. The number of rotatable bonds is 5. The molecule has 0 bridgehead atoms. The van der Waals surface area contributed by atoms with Gasteiger partial charge in [-0.05, 0) is 43.4 Å². The third kappa shape index (κ3) is 2.73. The highest BCUT2D eigenvalue weighted by atomic mass is 15.0. The van der Waals surface area contributed by atoms with E-state index < -0.39 is 0 Å². The molecule has 0 saturated heterocycles. The average Bonchev–Trinajstić information content (AvgIpc) is 2.99. The normalized spacial score (nSPS) is 21.6. The quantitative estimate of drug-likeness (QED) is 0.842. The molecule has 1 heterocycles. The minimum absolute atomic E-state index is 0.474. The van der Waals surface area contributed by atoms with E-state index in [1.807, 2.05) is 12.4 Å². The molecule has 1 atom stereocenters. The van der Waals surface area contributed by atoms with Gasteiger partial charge in [0.2, 0.25) is 0 Å². The van der Waals surface area contributed by atoms with Crippen LogP contribution in [0.5, 0.6) is 0 Å². The Kier molecular flexibility index (Phi) is 3.79. The van der Waals surface area contributed by atoms with Gasteiger partial charge in [0, 0.05) is 12.6 Å². The Morgan fingerprint density at radius 1 is 1.35 bits per heavy atom. The molecule has 1 N–H and O–H groups in total. The molecule has 1 aliphatic carbocycles. The zero-order chi connectivity index (χ0) is 14.0. The fourth-order valence-electron chi connectivity index (χ4n) is 3.42. The van der Waals surface area contributed by atoms with Crippen molar-refractivity contribution in [3.8, 4) is 0 Å². The fraction of sp³-hybridized carbons (Fsp3) is 0.588. The van der Waals surface area contributed by atoms with Crippen LogP contribution in [0.15, 0.2) is 30.6 Å². The number of hydrogen-bond acceptors (Lipinski definition) is 2. The molecule has 3 nitrogen and oxygen atoms in total. The second-order valence-corrected chi connectivity index (χ2v) is 6.67. The van der Waals surface area contributed by atoms with E-state index in [1.165, 1.54) is 24.8 Å². The number of para-hydroxylation sites is 2. The summed E-state index contributed by atoms with van der Waals surface area (Å²) < 4.78 is 2.26. The molecule has 1 aromatic carbocycles. The summed E-state index contributed by atoms with van der Waals surface area (Å²) in [6.07, 6.45) is 7.19. The van der Waals surface area contributed by atoms with Crippen LogP contribution in [0.2, 0.25) is 0 Å². The Morgan fingerprint density at radius 2 is 2.20 bits per heavy atom. The lowest BCUT2D eigenvalue weighted by Gasteiger charge is -2.28. The zero-order valence-corrected chi connectivity index (χ0v) is 12.6. The summed E-state index contributed by atoms with van der Waals surface area (Å²) in [5.41, 5.74) is 2.81. The summed E-state index contributed by atoms with van der Waals surface area (Å²) in [5, 5.41) is 3.75. The van der Waals surface area contributed by atoms with Crippen LogP contribution in [0.1, 0.15) is 39.5 Å². The second-order valence-electron chi connectivity index (χ2n) is 6.67. The van der Waals surface area contributed by atoms with E-state index in [1.54, 1.807) is 0 Å². The number of benzene rings is 1. The Balaban J connectivity index is 1.51. The maximum Gasteiger partial charge on any atom is 0.0958 e. The largest absolute Gasteiger partial charge is 0.331 e. The van der Waals surface area contributed by atoms with Gasteiger partial charge < -0.3 is 9.88 Å². The lowest BCUT2D eigenvalue weighted by atomic mass is 9.87. The summed E-state index contributed by atoms with van der Waals surface area (Å²) in [7, 11) is 0. The molecular weight excluding hydrogens is 246 g/mol. The van der Waals surface area contributed by atoms with Crippen molar-refractivity contribution in [3.05, 3.63) is 30.6 Å². The molecule has 108 valence electrons. The molecule has 1 unspecified atom stereocenters. The van der Waals surface area contributed by atoms with E-state index in [0.29, 0.717) is 11.5 Å². The van der Waals surface area contributed by atoms with Crippen LogP contribution in [0.3, 0.4) is 0 Å². The SMILES string of the molecule is CC1(C)CCCC1NCCCn1cnc2ccccc21. The predicted octanol–water partition coefficient (Wildman–Crippen LogP) is 3.59. The average molecular weight is 271 g/mol. The van der Waals surface area contributed by atoms with Gasteiger partial charge in [-0.25, -0.2) is 4.98 Å². The fourth-order valence-corrected chi connectivity index (χ4v) is 3.42. The highest BCUT2D eigenvalue weighted by Crippen LogP contribution is 2.37. The Morgan fingerprint density at radius 3 is 3.00 bits per heavy atom. The van der Waals surface area contributed by atoms with Crippen molar-refractivity contribution in [1.82, 2.24) is 14.9 Å². The van der Waals surface area contributed by atoms with Crippen molar-refractivity contribution >= 4 is 11.0 Å². The molecule has 0 amide bonds. The molecule has 20 heavy (non-hydrogen) atoms. The zero-order valence-electron chi connectivity index (χ0n) is 12.6. The predicted molar refractivity (Wildman–Crippen MR) is 83.8 cm³/mol. The molecule has 1 aromatic heterocycles. The summed E-state index contributed by atoms with van der Waals surface area (Å²) >= 11 is 0. The Labute approximate surface area is 121 Å². The van der Waals surface area contributed by atoms with Crippen LogP contribution in [0.25, 0.3) is 11.0 Å². The van der Waals surface area contributed by atoms with E-state index >= 15 is 0 Å². The van der Waals surface area contributed by atoms with Crippen LogP contribution in [-0.4, -0.2) is 22.1 Å². The number of imidazole rings is 1. The van der Waals surface area contributed by atoms with E-state index in [0.717, 1.165) is 25.0 Å². The number of nitrogens with zero attached hydrogens (tertiary/aromatic N) is 2. The van der Waals surface area contributed by atoms with E-state index in [9.17, 15) is 0 Å². The van der Waals surface area contributed by atoms with E-state index in [4.69, 9.17) is 0 Å². The molecule has 3 rings (SSSR count). The lowest BCUT2D eigenvalue weighted by molar-refractivity contribution is 0.282. The number of nitrogens with one attached hydrogen (secondary N) is 1. The van der Waals surface area contributed by atoms with Gasteiger partial charge in [0.25, 0.3) is 0 Å². The summed E-state index contributed by atoms with van der Waals surface area (Å²) in [5.74, 6) is 0. The van der Waals surface area contributed by atoms with Crippen LogP contribution in [-0.2, 0) is 6.54 Å². The first-order valence-corrected chi connectivity index (χ1v) is 7.80. The first-order valence-electron chi connectivity index (χ1n) is 7.80. The standard InChI is InChI=1S/C17H25N3/c1-17(2)10-5-9-16(17)18-11-6-12-20-13-19-14-7-3-4-8-15(14)20/h3-4,7-8,13,16,18H,5-6,9-12H2,1-2H3. The third-order valence-corrected chi connectivity index (χ3v) is 4.75. The van der Waals surface area contributed by atoms with E-state index in [2.05, 4.69) is 46.9 Å². The second kappa shape index (κ2) is 5.57. The molecule has 0 radical (unpaired) electrons. The van der Waals surface area contributed by atoms with Gasteiger partial charge in [-0.2, -0.15) is 0 Å². The maximum absolute atomic E-state index is 4.44. The third-order valence-electron chi connectivity index (χ3n) is 4.75. The van der Waals surface area contributed by atoms with Crippen LogP contribution in [0, 0.1) is 5.41 Å². The van der Waals surface area contributed by atoms with Crippen molar-refractivity contribution in [3.63, 3.8) is 0 Å². The topological polar surface area (TPSA) is 29.9 Å². The van der Waals surface area contributed by atoms with E-state index in [-0.39, 0.29) is 0 Å². The van der Waals surface area contributed by atoms with Gasteiger partial charge in [-0.1, -0.05) is 32.4 Å². The van der Waals surface area contributed by atoms with Crippen molar-refractivity contribution in [2.24, 2.45) is 5.41 Å². The number of fused-ring (bicyclic) bond motifs is 1. The van der Waals surface area contributed by atoms with Gasteiger partial charge >= 0.3 is 0 Å². The minimum atomic E-state index is 0.474. The molecule has 0 spiro atoms. The van der Waals surface area contributed by atoms with Gasteiger partial charge in [0.05, 0.1) is 17.4 Å². The Hall–Kier alpha value is -1.35. The van der Waals surface area contributed by atoms with Crippen LogP contribution < -0.4 is 5.32 Å². The molecule has 1 saturated carbocycles. The highest BCUT2D eigenvalue weighted by molar-refractivity contribution is 5.74. The molecule has 1 aliphatic rings. The van der Waals surface area contributed by atoms with Crippen molar-refractivity contribution < 1.29 is 0 Å².